The first-order valence-corrected chi connectivity index (χ1v) is 7.22. The molecule has 0 aliphatic rings. The predicted octanol–water partition coefficient (Wildman–Crippen LogP) is 4.57. The van der Waals surface area contributed by atoms with Gasteiger partial charge in [-0.05, 0) is 48.4 Å². The summed E-state index contributed by atoms with van der Waals surface area (Å²) in [7, 11) is 0. The first-order chi connectivity index (χ1) is 9.16. The van der Waals surface area contributed by atoms with Gasteiger partial charge in [-0.15, -0.1) is 0 Å². The molecule has 0 saturated heterocycles. The van der Waals surface area contributed by atoms with E-state index in [0.29, 0.717) is 18.0 Å². The van der Waals surface area contributed by atoms with E-state index in [0.717, 1.165) is 22.1 Å². The first-order valence-electron chi connectivity index (χ1n) is 6.05. The van der Waals surface area contributed by atoms with Gasteiger partial charge in [0.05, 0.1) is 0 Å². The highest BCUT2D eigenvalue weighted by atomic mass is 79.9. The SMILES string of the molecule is Fc1ccccc1CCNCc1cc(Cl)ccc1Br. The minimum absolute atomic E-state index is 0.145. The smallest absolute Gasteiger partial charge is 0.126 e. The Morgan fingerprint density at radius 1 is 1.11 bits per heavy atom. The predicted molar refractivity (Wildman–Crippen MR) is 81.0 cm³/mol. The Labute approximate surface area is 125 Å². The molecule has 0 radical (unpaired) electrons. The van der Waals surface area contributed by atoms with E-state index in [9.17, 15) is 4.39 Å². The van der Waals surface area contributed by atoms with Gasteiger partial charge in [-0.2, -0.15) is 0 Å². The van der Waals surface area contributed by atoms with Crippen LogP contribution in [0.3, 0.4) is 0 Å². The number of benzene rings is 2. The highest BCUT2D eigenvalue weighted by molar-refractivity contribution is 9.10. The molecule has 19 heavy (non-hydrogen) atoms. The van der Waals surface area contributed by atoms with Gasteiger partial charge in [0.25, 0.3) is 0 Å². The Bertz CT molecular complexity index is 560. The van der Waals surface area contributed by atoms with Crippen molar-refractivity contribution in [3.63, 3.8) is 0 Å². The maximum absolute atomic E-state index is 13.4. The van der Waals surface area contributed by atoms with Crippen molar-refractivity contribution in [2.45, 2.75) is 13.0 Å². The molecule has 2 aromatic rings. The van der Waals surface area contributed by atoms with Gasteiger partial charge < -0.3 is 5.32 Å². The fourth-order valence-corrected chi connectivity index (χ4v) is 2.41. The van der Waals surface area contributed by atoms with Crippen molar-refractivity contribution >= 4 is 27.5 Å². The van der Waals surface area contributed by atoms with Crippen molar-refractivity contribution in [1.29, 1.82) is 0 Å². The zero-order valence-electron chi connectivity index (χ0n) is 10.3. The van der Waals surface area contributed by atoms with Crippen LogP contribution in [0.4, 0.5) is 4.39 Å². The lowest BCUT2D eigenvalue weighted by molar-refractivity contribution is 0.597. The van der Waals surface area contributed by atoms with Gasteiger partial charge in [0.15, 0.2) is 0 Å². The second-order valence-electron chi connectivity index (χ2n) is 4.25. The van der Waals surface area contributed by atoms with Gasteiger partial charge in [0.1, 0.15) is 5.82 Å². The van der Waals surface area contributed by atoms with Gasteiger partial charge in [-0.3, -0.25) is 0 Å². The van der Waals surface area contributed by atoms with E-state index in [1.807, 2.05) is 30.3 Å². The lowest BCUT2D eigenvalue weighted by Gasteiger charge is -2.08. The average Bonchev–Trinajstić information content (AvgIpc) is 2.40. The fourth-order valence-electron chi connectivity index (χ4n) is 1.83. The molecule has 1 nitrogen and oxygen atoms in total. The molecule has 4 heteroatoms. The number of hydrogen-bond acceptors (Lipinski definition) is 1. The second kappa shape index (κ2) is 7.04. The van der Waals surface area contributed by atoms with E-state index in [-0.39, 0.29) is 5.82 Å². The summed E-state index contributed by atoms with van der Waals surface area (Å²) >= 11 is 9.43. The van der Waals surface area contributed by atoms with Crippen molar-refractivity contribution in [2.75, 3.05) is 6.54 Å². The van der Waals surface area contributed by atoms with E-state index in [4.69, 9.17) is 11.6 Å². The van der Waals surface area contributed by atoms with Crippen molar-refractivity contribution < 1.29 is 4.39 Å². The van der Waals surface area contributed by atoms with Gasteiger partial charge in [0.2, 0.25) is 0 Å². The van der Waals surface area contributed by atoms with Gasteiger partial charge in [0, 0.05) is 16.0 Å². The van der Waals surface area contributed by atoms with E-state index in [2.05, 4.69) is 21.2 Å². The number of halogens is 3. The third-order valence-corrected chi connectivity index (χ3v) is 3.86. The Balaban J connectivity index is 1.84. The summed E-state index contributed by atoms with van der Waals surface area (Å²) in [5.41, 5.74) is 1.83. The van der Waals surface area contributed by atoms with Crippen LogP contribution in [-0.2, 0) is 13.0 Å². The molecule has 0 heterocycles. The summed E-state index contributed by atoms with van der Waals surface area (Å²) in [4.78, 5) is 0. The summed E-state index contributed by atoms with van der Waals surface area (Å²) in [5.74, 6) is -0.145. The molecule has 0 aliphatic carbocycles. The summed E-state index contributed by atoms with van der Waals surface area (Å²) in [6, 6.07) is 12.5. The van der Waals surface area contributed by atoms with Crippen molar-refractivity contribution in [3.8, 4) is 0 Å². The molecule has 0 aliphatic heterocycles. The molecule has 0 fully saturated rings. The monoisotopic (exact) mass is 341 g/mol. The van der Waals surface area contributed by atoms with Crippen LogP contribution in [0.25, 0.3) is 0 Å². The molecule has 100 valence electrons. The second-order valence-corrected chi connectivity index (χ2v) is 5.54. The standard InChI is InChI=1S/C15H14BrClFN/c16-14-6-5-13(17)9-12(14)10-19-8-7-11-3-1-2-4-15(11)18/h1-6,9,19H,7-8,10H2. The summed E-state index contributed by atoms with van der Waals surface area (Å²) in [6.45, 7) is 1.43. The molecule has 0 bridgehead atoms. The summed E-state index contributed by atoms with van der Waals surface area (Å²) in [5, 5.41) is 4.01. The third-order valence-electron chi connectivity index (χ3n) is 2.85. The summed E-state index contributed by atoms with van der Waals surface area (Å²) < 4.78 is 14.4. The first kappa shape index (κ1) is 14.5. The number of hydrogen-bond donors (Lipinski definition) is 1. The maximum Gasteiger partial charge on any atom is 0.126 e. The molecule has 0 unspecified atom stereocenters. The molecule has 1 N–H and O–H groups in total. The van der Waals surface area contributed by atoms with Crippen molar-refractivity contribution in [2.24, 2.45) is 0 Å². The zero-order chi connectivity index (χ0) is 13.7. The van der Waals surface area contributed by atoms with Gasteiger partial charge in [-0.25, -0.2) is 4.39 Å². The molecule has 0 atom stereocenters. The van der Waals surface area contributed by atoms with Crippen molar-refractivity contribution in [3.05, 3.63) is 68.9 Å². The largest absolute Gasteiger partial charge is 0.312 e. The van der Waals surface area contributed by atoms with Crippen molar-refractivity contribution in [1.82, 2.24) is 5.32 Å². The molecule has 2 aromatic carbocycles. The van der Waals surface area contributed by atoms with Crippen LogP contribution in [0.1, 0.15) is 11.1 Å². The lowest BCUT2D eigenvalue weighted by Crippen LogP contribution is -2.17. The number of nitrogens with one attached hydrogen (secondary N) is 1. The minimum atomic E-state index is -0.145. The normalized spacial score (nSPS) is 10.7. The maximum atomic E-state index is 13.4. The van der Waals surface area contributed by atoms with Crippen LogP contribution in [-0.4, -0.2) is 6.54 Å². The topological polar surface area (TPSA) is 12.0 Å². The molecule has 0 saturated carbocycles. The van der Waals surface area contributed by atoms with Crippen LogP contribution in [0.5, 0.6) is 0 Å². The van der Waals surface area contributed by atoms with Crippen LogP contribution < -0.4 is 5.32 Å². The fraction of sp³-hybridized carbons (Fsp3) is 0.200. The van der Waals surface area contributed by atoms with Crippen LogP contribution in [0.2, 0.25) is 5.02 Å². The highest BCUT2D eigenvalue weighted by Gasteiger charge is 2.02. The molecular weight excluding hydrogens is 329 g/mol. The van der Waals surface area contributed by atoms with Gasteiger partial charge in [-0.1, -0.05) is 45.7 Å². The van der Waals surface area contributed by atoms with Crippen LogP contribution in [0.15, 0.2) is 46.9 Å². The van der Waals surface area contributed by atoms with E-state index in [1.54, 1.807) is 6.07 Å². The lowest BCUT2D eigenvalue weighted by atomic mass is 10.1. The highest BCUT2D eigenvalue weighted by Crippen LogP contribution is 2.20. The zero-order valence-corrected chi connectivity index (χ0v) is 12.6. The Morgan fingerprint density at radius 3 is 2.68 bits per heavy atom. The van der Waals surface area contributed by atoms with Crippen LogP contribution in [0, 0.1) is 5.82 Å². The van der Waals surface area contributed by atoms with E-state index < -0.39 is 0 Å². The number of rotatable bonds is 5. The van der Waals surface area contributed by atoms with E-state index >= 15 is 0 Å². The molecule has 2 rings (SSSR count). The Kier molecular flexibility index (Phi) is 5.37. The molecule has 0 spiro atoms. The van der Waals surface area contributed by atoms with E-state index in [1.165, 1.54) is 6.07 Å². The Hall–Kier alpha value is -0.900. The Morgan fingerprint density at radius 2 is 1.89 bits per heavy atom. The van der Waals surface area contributed by atoms with Gasteiger partial charge >= 0.3 is 0 Å². The summed E-state index contributed by atoms with van der Waals surface area (Å²) in [6.07, 6.45) is 0.671. The van der Waals surface area contributed by atoms with Crippen LogP contribution >= 0.6 is 27.5 Å². The minimum Gasteiger partial charge on any atom is -0.312 e. The molecule has 0 aromatic heterocycles. The quantitative estimate of drug-likeness (QED) is 0.785. The molecule has 0 amide bonds. The third kappa shape index (κ3) is 4.30. The average molecular weight is 343 g/mol. The molecular formula is C15H14BrClFN.